The van der Waals surface area contributed by atoms with E-state index in [1.54, 1.807) is 0 Å². The van der Waals surface area contributed by atoms with Gasteiger partial charge >= 0.3 is 0 Å². The van der Waals surface area contributed by atoms with Crippen LogP contribution in [0.25, 0.3) is 28.6 Å². The zero-order chi connectivity index (χ0) is 18.9. The molecule has 0 spiro atoms. The summed E-state index contributed by atoms with van der Waals surface area (Å²) in [4.78, 5) is 24.1. The highest BCUT2D eigenvalue weighted by atomic mass is 16.1. The smallest absolute Gasteiger partial charge is 0.131 e. The summed E-state index contributed by atoms with van der Waals surface area (Å²) < 4.78 is 0. The van der Waals surface area contributed by atoms with E-state index in [2.05, 4.69) is 33.5 Å². The third-order valence-corrected chi connectivity index (χ3v) is 5.77. The van der Waals surface area contributed by atoms with Crippen LogP contribution in [0.4, 0.5) is 0 Å². The van der Waals surface area contributed by atoms with Gasteiger partial charge < -0.3 is 15.1 Å². The largest absolute Gasteiger partial charge is 0.341 e. The average Bonchev–Trinajstić information content (AvgIpc) is 3.39. The molecule has 3 heterocycles. The number of allylic oxidation sites excluding steroid dienone is 1. The summed E-state index contributed by atoms with van der Waals surface area (Å²) >= 11 is 0. The maximum Gasteiger partial charge on any atom is 0.131 e. The molecule has 1 aromatic carbocycles. The first-order valence-corrected chi connectivity index (χ1v) is 9.82. The molecular formula is C23H22N4O. The van der Waals surface area contributed by atoms with Crippen molar-refractivity contribution in [1.82, 2.24) is 20.3 Å². The Bertz CT molecular complexity index is 1030. The quantitative estimate of drug-likeness (QED) is 0.683. The van der Waals surface area contributed by atoms with Crippen molar-refractivity contribution in [3.8, 4) is 22.5 Å². The fourth-order valence-electron chi connectivity index (χ4n) is 4.22. The van der Waals surface area contributed by atoms with E-state index >= 15 is 0 Å². The van der Waals surface area contributed by atoms with Gasteiger partial charge in [-0.2, -0.15) is 0 Å². The highest BCUT2D eigenvalue weighted by Crippen LogP contribution is 2.37. The minimum atomic E-state index is -0.131. The number of carbonyl (C=O) groups excluding carboxylic acids is 1. The number of aldehydes is 1. The van der Waals surface area contributed by atoms with Crippen molar-refractivity contribution in [3.05, 3.63) is 65.8 Å². The van der Waals surface area contributed by atoms with Crippen LogP contribution >= 0.6 is 0 Å². The summed E-state index contributed by atoms with van der Waals surface area (Å²) in [6.45, 7) is 2.06. The lowest BCUT2D eigenvalue weighted by molar-refractivity contribution is -0.108. The Balaban J connectivity index is 1.61. The van der Waals surface area contributed by atoms with Crippen molar-refractivity contribution >= 4 is 12.4 Å². The number of hydrogen-bond donors (Lipinski definition) is 2. The molecule has 1 aliphatic heterocycles. The van der Waals surface area contributed by atoms with E-state index in [9.17, 15) is 4.79 Å². The number of H-pyrrole nitrogens is 1. The number of pyridine rings is 1. The maximum atomic E-state index is 11.3. The van der Waals surface area contributed by atoms with Gasteiger partial charge in [0.1, 0.15) is 12.1 Å². The molecule has 5 rings (SSSR count). The number of piperidine rings is 1. The summed E-state index contributed by atoms with van der Waals surface area (Å²) in [5, 5.41) is 3.42. The van der Waals surface area contributed by atoms with E-state index in [0.717, 1.165) is 71.7 Å². The third-order valence-electron chi connectivity index (χ3n) is 5.77. The molecule has 1 aliphatic carbocycles. The van der Waals surface area contributed by atoms with E-state index in [4.69, 9.17) is 4.98 Å². The molecule has 0 radical (unpaired) electrons. The number of aromatic amines is 1. The molecule has 140 valence electrons. The Kier molecular flexibility index (Phi) is 4.37. The van der Waals surface area contributed by atoms with Gasteiger partial charge in [-0.05, 0) is 55.3 Å². The standard InChI is InChI=1S/C23H22N4O/c28-14-19-2-1-17-13-18(3-4-20(17)19)22-21(15-5-9-24-10-6-15)26-23(27-22)16-7-11-25-12-8-16/h1-6,9-10,13-14,16,19,25H,7-8,11-12H2,(H,26,27). The van der Waals surface area contributed by atoms with Crippen molar-refractivity contribution in [2.75, 3.05) is 13.1 Å². The Morgan fingerprint density at radius 2 is 1.86 bits per heavy atom. The Morgan fingerprint density at radius 3 is 2.64 bits per heavy atom. The Hall–Kier alpha value is -3.05. The van der Waals surface area contributed by atoms with Crippen LogP contribution < -0.4 is 5.32 Å². The summed E-state index contributed by atoms with van der Waals surface area (Å²) in [6, 6.07) is 10.3. The molecule has 5 heteroatoms. The van der Waals surface area contributed by atoms with E-state index in [-0.39, 0.29) is 5.92 Å². The van der Waals surface area contributed by atoms with Crippen LogP contribution in [0.2, 0.25) is 0 Å². The lowest BCUT2D eigenvalue weighted by Crippen LogP contribution is -2.27. The van der Waals surface area contributed by atoms with Gasteiger partial charge in [-0.15, -0.1) is 0 Å². The topological polar surface area (TPSA) is 70.7 Å². The van der Waals surface area contributed by atoms with Gasteiger partial charge in [-0.25, -0.2) is 4.98 Å². The number of hydrogen-bond acceptors (Lipinski definition) is 4. The van der Waals surface area contributed by atoms with Gasteiger partial charge in [0.15, 0.2) is 0 Å². The van der Waals surface area contributed by atoms with Crippen LogP contribution in [0.5, 0.6) is 0 Å². The summed E-state index contributed by atoms with van der Waals surface area (Å²) in [7, 11) is 0. The van der Waals surface area contributed by atoms with Crippen LogP contribution in [0.3, 0.4) is 0 Å². The molecule has 5 nitrogen and oxygen atoms in total. The molecule has 2 N–H and O–H groups in total. The van der Waals surface area contributed by atoms with Crippen molar-refractivity contribution in [3.63, 3.8) is 0 Å². The van der Waals surface area contributed by atoms with Gasteiger partial charge in [0, 0.05) is 29.4 Å². The maximum absolute atomic E-state index is 11.3. The number of nitrogens with one attached hydrogen (secondary N) is 2. The highest BCUT2D eigenvalue weighted by Gasteiger charge is 2.23. The lowest BCUT2D eigenvalue weighted by atomic mass is 9.97. The number of carbonyl (C=O) groups is 1. The SMILES string of the molecule is O=CC1C=Cc2cc(-c3nc(C4CCNCC4)[nH]c3-c3ccncc3)ccc21. The first-order chi connectivity index (χ1) is 13.8. The monoisotopic (exact) mass is 370 g/mol. The van der Waals surface area contributed by atoms with Crippen LogP contribution in [-0.2, 0) is 4.79 Å². The van der Waals surface area contributed by atoms with E-state index in [1.165, 1.54) is 0 Å². The number of rotatable bonds is 4. The van der Waals surface area contributed by atoms with E-state index in [0.29, 0.717) is 5.92 Å². The summed E-state index contributed by atoms with van der Waals surface area (Å²) in [5.74, 6) is 1.38. The zero-order valence-electron chi connectivity index (χ0n) is 15.6. The number of fused-ring (bicyclic) bond motifs is 1. The molecular weight excluding hydrogens is 348 g/mol. The van der Waals surface area contributed by atoms with Crippen molar-refractivity contribution in [2.45, 2.75) is 24.7 Å². The molecule has 0 amide bonds. The fourth-order valence-corrected chi connectivity index (χ4v) is 4.22. The number of aromatic nitrogens is 3. The Labute approximate surface area is 163 Å². The van der Waals surface area contributed by atoms with Crippen LogP contribution in [0.1, 0.15) is 41.6 Å². The molecule has 0 bridgehead atoms. The molecule has 1 unspecified atom stereocenters. The molecule has 1 saturated heterocycles. The fraction of sp³-hybridized carbons (Fsp3) is 0.261. The Morgan fingerprint density at radius 1 is 1.04 bits per heavy atom. The molecule has 28 heavy (non-hydrogen) atoms. The van der Waals surface area contributed by atoms with Gasteiger partial charge in [0.2, 0.25) is 0 Å². The first kappa shape index (κ1) is 17.1. The van der Waals surface area contributed by atoms with Gasteiger partial charge in [0.25, 0.3) is 0 Å². The van der Waals surface area contributed by atoms with Crippen molar-refractivity contribution in [1.29, 1.82) is 0 Å². The van der Waals surface area contributed by atoms with Crippen molar-refractivity contribution in [2.24, 2.45) is 0 Å². The number of benzene rings is 1. The molecule has 2 aromatic heterocycles. The predicted molar refractivity (Wildman–Crippen MR) is 110 cm³/mol. The van der Waals surface area contributed by atoms with Crippen molar-refractivity contribution < 1.29 is 4.79 Å². The van der Waals surface area contributed by atoms with E-state index < -0.39 is 0 Å². The predicted octanol–water partition coefficient (Wildman–Crippen LogP) is 3.92. The summed E-state index contributed by atoms with van der Waals surface area (Å²) in [6.07, 6.45) is 10.8. The second-order valence-electron chi connectivity index (χ2n) is 7.47. The second kappa shape index (κ2) is 7.17. The normalized spacial score (nSPS) is 18.9. The second-order valence-corrected chi connectivity index (χ2v) is 7.47. The molecule has 2 aliphatic rings. The highest BCUT2D eigenvalue weighted by molar-refractivity contribution is 5.83. The van der Waals surface area contributed by atoms with Crippen LogP contribution in [-0.4, -0.2) is 34.3 Å². The number of imidazole rings is 1. The minimum Gasteiger partial charge on any atom is -0.341 e. The molecule has 1 atom stereocenters. The molecule has 1 fully saturated rings. The average molecular weight is 370 g/mol. The molecule has 3 aromatic rings. The number of nitrogens with zero attached hydrogens (tertiary/aromatic N) is 2. The van der Waals surface area contributed by atoms with Crippen LogP contribution in [0.15, 0.2) is 48.8 Å². The zero-order valence-corrected chi connectivity index (χ0v) is 15.6. The minimum absolute atomic E-state index is 0.131. The molecule has 0 saturated carbocycles. The van der Waals surface area contributed by atoms with Crippen LogP contribution in [0, 0.1) is 0 Å². The van der Waals surface area contributed by atoms with E-state index in [1.807, 2.05) is 36.7 Å². The van der Waals surface area contributed by atoms with Gasteiger partial charge in [-0.1, -0.05) is 24.3 Å². The van der Waals surface area contributed by atoms with Gasteiger partial charge in [0.05, 0.1) is 17.3 Å². The summed E-state index contributed by atoms with van der Waals surface area (Å²) in [5.41, 5.74) is 6.31. The third kappa shape index (κ3) is 2.98. The first-order valence-electron chi connectivity index (χ1n) is 9.82. The lowest BCUT2D eigenvalue weighted by Gasteiger charge is -2.20. The van der Waals surface area contributed by atoms with Gasteiger partial charge in [-0.3, -0.25) is 4.98 Å².